The van der Waals surface area contributed by atoms with Crippen LogP contribution >= 0.6 is 0 Å². The Kier molecular flexibility index (Phi) is 3.19. The normalized spacial score (nSPS) is 12.8. The van der Waals surface area contributed by atoms with E-state index in [4.69, 9.17) is 0 Å². The topological polar surface area (TPSA) is 73.0 Å². The lowest BCUT2D eigenvalue weighted by Gasteiger charge is -2.09. The number of nitro groups is 1. The molecule has 0 saturated heterocycles. The Morgan fingerprint density at radius 2 is 2.43 bits per heavy atom. The lowest BCUT2D eigenvalue weighted by atomic mass is 10.3. The van der Waals surface area contributed by atoms with Gasteiger partial charge in [0.15, 0.2) is 5.82 Å². The zero-order valence-corrected chi connectivity index (χ0v) is 8.52. The van der Waals surface area contributed by atoms with Gasteiger partial charge in [0.05, 0.1) is 0 Å². The summed E-state index contributed by atoms with van der Waals surface area (Å²) in [5.41, 5.74) is 0. The van der Waals surface area contributed by atoms with E-state index in [1.165, 1.54) is 6.20 Å². The summed E-state index contributed by atoms with van der Waals surface area (Å²) in [7, 11) is 1.82. The highest BCUT2D eigenvalue weighted by atomic mass is 16.6. The number of hydrogen-bond donors (Lipinski definition) is 1. The van der Waals surface area contributed by atoms with Crippen molar-refractivity contribution in [2.75, 3.05) is 7.05 Å². The molecule has 1 rings (SSSR count). The van der Waals surface area contributed by atoms with Gasteiger partial charge in [-0.3, -0.25) is 0 Å². The molecule has 6 nitrogen and oxygen atoms in total. The van der Waals surface area contributed by atoms with Gasteiger partial charge in [-0.1, -0.05) is 0 Å². The molecule has 0 aliphatic rings. The molecule has 1 aromatic heterocycles. The van der Waals surface area contributed by atoms with Gasteiger partial charge in [-0.25, -0.2) is 9.55 Å². The van der Waals surface area contributed by atoms with E-state index in [0.717, 1.165) is 0 Å². The molecule has 14 heavy (non-hydrogen) atoms. The maximum Gasteiger partial charge on any atom is 0.342 e. The summed E-state index contributed by atoms with van der Waals surface area (Å²) in [5, 5.41) is 13.7. The van der Waals surface area contributed by atoms with Crippen LogP contribution in [0.4, 0.5) is 5.82 Å². The monoisotopic (exact) mass is 198 g/mol. The summed E-state index contributed by atoms with van der Waals surface area (Å²) >= 11 is 0. The van der Waals surface area contributed by atoms with Crippen molar-refractivity contribution in [2.24, 2.45) is 0 Å². The SMILES string of the molecule is CNC(C)Cn1c([N+](=O)[O-])cnc1C. The van der Waals surface area contributed by atoms with E-state index >= 15 is 0 Å². The Morgan fingerprint density at radius 1 is 1.79 bits per heavy atom. The number of rotatable bonds is 4. The third kappa shape index (κ3) is 2.08. The van der Waals surface area contributed by atoms with E-state index in [-0.39, 0.29) is 11.9 Å². The first-order chi connectivity index (χ1) is 6.56. The minimum atomic E-state index is -0.414. The smallest absolute Gasteiger partial charge is 0.342 e. The van der Waals surface area contributed by atoms with Crippen LogP contribution < -0.4 is 5.32 Å². The first-order valence-electron chi connectivity index (χ1n) is 4.40. The van der Waals surface area contributed by atoms with Crippen LogP contribution in [0.5, 0.6) is 0 Å². The van der Waals surface area contributed by atoms with Gasteiger partial charge in [-0.05, 0) is 18.9 Å². The summed E-state index contributed by atoms with van der Waals surface area (Å²) in [6.45, 7) is 4.27. The van der Waals surface area contributed by atoms with Crippen LogP contribution in [0.15, 0.2) is 6.20 Å². The summed E-state index contributed by atoms with van der Waals surface area (Å²) in [6, 6.07) is 0.182. The van der Waals surface area contributed by atoms with Crippen molar-refractivity contribution in [1.29, 1.82) is 0 Å². The molecule has 0 saturated carbocycles. The second kappa shape index (κ2) is 4.19. The van der Waals surface area contributed by atoms with Gasteiger partial charge >= 0.3 is 5.82 Å². The summed E-state index contributed by atoms with van der Waals surface area (Å²) in [4.78, 5) is 14.1. The van der Waals surface area contributed by atoms with Crippen molar-refractivity contribution < 1.29 is 4.92 Å². The molecular formula is C8H14N4O2. The number of hydrogen-bond acceptors (Lipinski definition) is 4. The molecule has 1 heterocycles. The molecular weight excluding hydrogens is 184 g/mol. The third-order valence-electron chi connectivity index (χ3n) is 2.17. The molecule has 0 amide bonds. The fourth-order valence-electron chi connectivity index (χ4n) is 1.19. The summed E-state index contributed by atoms with van der Waals surface area (Å²) in [6.07, 6.45) is 1.29. The van der Waals surface area contributed by atoms with Crippen LogP contribution in [0.1, 0.15) is 12.7 Å². The first kappa shape index (κ1) is 10.6. The van der Waals surface area contributed by atoms with Crippen molar-refractivity contribution in [3.8, 4) is 0 Å². The number of aryl methyl sites for hydroxylation is 1. The molecule has 0 aliphatic heterocycles. The average Bonchev–Trinajstić information content (AvgIpc) is 2.48. The highest BCUT2D eigenvalue weighted by Gasteiger charge is 2.18. The standard InChI is InChI=1S/C8H14N4O2/c1-6(9-3)5-11-7(2)10-4-8(11)12(13)14/h4,6,9H,5H2,1-3H3. The Bertz CT molecular complexity index is 334. The molecule has 0 spiro atoms. The molecule has 78 valence electrons. The Morgan fingerprint density at radius 3 is 2.93 bits per heavy atom. The predicted octanol–water partition coefficient (Wildman–Crippen LogP) is 0.708. The summed E-state index contributed by atoms with van der Waals surface area (Å²) < 4.78 is 1.60. The van der Waals surface area contributed by atoms with Crippen LogP contribution in [0, 0.1) is 17.0 Å². The van der Waals surface area contributed by atoms with Crippen LogP contribution in [0.2, 0.25) is 0 Å². The van der Waals surface area contributed by atoms with Gasteiger partial charge in [-0.2, -0.15) is 0 Å². The van der Waals surface area contributed by atoms with Crippen LogP contribution in [0.3, 0.4) is 0 Å². The third-order valence-corrected chi connectivity index (χ3v) is 2.17. The van der Waals surface area contributed by atoms with Crippen molar-refractivity contribution in [3.05, 3.63) is 22.1 Å². The molecule has 0 aliphatic carbocycles. The van der Waals surface area contributed by atoms with E-state index < -0.39 is 4.92 Å². The Balaban J connectivity index is 2.93. The lowest BCUT2D eigenvalue weighted by Crippen LogP contribution is -2.27. The second-order valence-corrected chi connectivity index (χ2v) is 3.22. The average molecular weight is 198 g/mol. The van der Waals surface area contributed by atoms with E-state index in [9.17, 15) is 10.1 Å². The van der Waals surface area contributed by atoms with Crippen molar-refractivity contribution in [2.45, 2.75) is 26.4 Å². The molecule has 1 atom stereocenters. The van der Waals surface area contributed by atoms with Crippen LogP contribution in [0.25, 0.3) is 0 Å². The molecule has 0 aromatic carbocycles. The fourth-order valence-corrected chi connectivity index (χ4v) is 1.19. The zero-order chi connectivity index (χ0) is 10.7. The first-order valence-corrected chi connectivity index (χ1v) is 4.40. The highest BCUT2D eigenvalue weighted by Crippen LogP contribution is 2.13. The number of nitrogens with one attached hydrogen (secondary N) is 1. The minimum absolute atomic E-state index is 0.0459. The molecule has 6 heteroatoms. The van der Waals surface area contributed by atoms with Gasteiger partial charge < -0.3 is 15.4 Å². The maximum absolute atomic E-state index is 10.6. The number of likely N-dealkylation sites (N-methyl/N-ethyl adjacent to an activating group) is 1. The van der Waals surface area contributed by atoms with Crippen molar-refractivity contribution in [3.63, 3.8) is 0 Å². The summed E-state index contributed by atoms with van der Waals surface area (Å²) in [5.74, 6) is 0.711. The van der Waals surface area contributed by atoms with Gasteiger partial charge in [0.1, 0.15) is 12.7 Å². The zero-order valence-electron chi connectivity index (χ0n) is 8.52. The van der Waals surface area contributed by atoms with Gasteiger partial charge in [-0.15, -0.1) is 0 Å². The van der Waals surface area contributed by atoms with Gasteiger partial charge in [0.2, 0.25) is 0 Å². The fraction of sp³-hybridized carbons (Fsp3) is 0.625. The van der Waals surface area contributed by atoms with Crippen molar-refractivity contribution >= 4 is 5.82 Å². The van der Waals surface area contributed by atoms with E-state index in [2.05, 4.69) is 10.3 Å². The van der Waals surface area contributed by atoms with Crippen LogP contribution in [-0.2, 0) is 6.54 Å². The molecule has 0 fully saturated rings. The van der Waals surface area contributed by atoms with E-state index in [1.54, 1.807) is 11.5 Å². The van der Waals surface area contributed by atoms with E-state index in [0.29, 0.717) is 12.4 Å². The van der Waals surface area contributed by atoms with Crippen LogP contribution in [-0.4, -0.2) is 27.6 Å². The molecule has 0 bridgehead atoms. The minimum Gasteiger partial charge on any atom is -0.358 e. The Hall–Kier alpha value is -1.43. The second-order valence-electron chi connectivity index (χ2n) is 3.22. The molecule has 1 aromatic rings. The van der Waals surface area contributed by atoms with Crippen molar-refractivity contribution in [1.82, 2.24) is 14.9 Å². The Labute approximate surface area is 82.1 Å². The quantitative estimate of drug-likeness (QED) is 0.571. The van der Waals surface area contributed by atoms with Gasteiger partial charge in [0.25, 0.3) is 0 Å². The molecule has 1 N–H and O–H groups in total. The van der Waals surface area contributed by atoms with Gasteiger partial charge in [0, 0.05) is 13.0 Å². The lowest BCUT2D eigenvalue weighted by molar-refractivity contribution is -0.392. The number of imidazole rings is 1. The maximum atomic E-state index is 10.6. The predicted molar refractivity (Wildman–Crippen MR) is 52.1 cm³/mol. The molecule has 0 radical (unpaired) electrons. The number of aromatic nitrogens is 2. The highest BCUT2D eigenvalue weighted by molar-refractivity contribution is 5.18. The van der Waals surface area contributed by atoms with E-state index in [1.807, 2.05) is 14.0 Å². The number of nitrogens with zero attached hydrogens (tertiary/aromatic N) is 3. The largest absolute Gasteiger partial charge is 0.358 e. The molecule has 1 unspecified atom stereocenters.